The predicted molar refractivity (Wildman–Crippen MR) is 66.7 cm³/mol. The molecule has 102 valence electrons. The van der Waals surface area contributed by atoms with E-state index >= 15 is 0 Å². The first-order chi connectivity index (χ1) is 8.49. The molecule has 0 aromatic rings. The van der Waals surface area contributed by atoms with Crippen molar-refractivity contribution in [3.05, 3.63) is 0 Å². The molecule has 0 spiro atoms. The fraction of sp³-hybridized carbons (Fsp3) is 0. The Hall–Kier alpha value is -1.26. The Morgan fingerprint density at radius 1 is 0.333 bits per heavy atom. The number of hydrogen-bond acceptors (Lipinski definition) is 12. The zero-order chi connectivity index (χ0) is 16.2. The average molecular weight is 330 g/mol. The first-order valence-electron chi connectivity index (χ1n) is 2.68. The van der Waals surface area contributed by atoms with Gasteiger partial charge in [0.2, 0.25) is 0 Å². The Balaban J connectivity index is -0.0000000114. The molecule has 0 amide bonds. The van der Waals surface area contributed by atoms with E-state index in [0.717, 1.165) is 37.5 Å². The van der Waals surface area contributed by atoms with Crippen molar-refractivity contribution >= 4 is 88.7 Å². The van der Waals surface area contributed by atoms with Crippen LogP contribution >= 0.6 is 0 Å². The fourth-order valence-corrected chi connectivity index (χ4v) is 0. The molecule has 0 rings (SSSR count). The van der Waals surface area contributed by atoms with Gasteiger partial charge in [0.05, 0.1) is 0 Å². The summed E-state index contributed by atoms with van der Waals surface area (Å²) in [6.45, 7) is 0. The second kappa shape index (κ2) is 262. The number of nitrogens with zero attached hydrogens (tertiary/aromatic N) is 6. The summed E-state index contributed by atoms with van der Waals surface area (Å²) in [5.74, 6) is 0. The Labute approximate surface area is 186 Å². The van der Waals surface area contributed by atoms with Crippen LogP contribution in [0.4, 0.5) is 0 Å². The number of aliphatic hydroxyl groups excluding tert-OH is 6. The van der Waals surface area contributed by atoms with Gasteiger partial charge < -0.3 is 30.6 Å². The summed E-state index contributed by atoms with van der Waals surface area (Å²) < 4.78 is 0. The molecule has 0 unspecified atom stereocenters. The van der Waals surface area contributed by atoms with Gasteiger partial charge >= 0.3 is 88.7 Å². The topological polar surface area (TPSA) is 264 Å². The maximum absolute atomic E-state index is 6.88. The van der Waals surface area contributed by atoms with Gasteiger partial charge in [-0.1, -0.05) is 0 Å². The summed E-state index contributed by atoms with van der Waals surface area (Å²) in [5.41, 5.74) is 0. The van der Waals surface area contributed by atoms with Gasteiger partial charge in [0.1, 0.15) is 0 Å². The molecule has 0 radical (unpaired) electrons. The summed E-state index contributed by atoms with van der Waals surface area (Å²) in [4.78, 5) is 0. The van der Waals surface area contributed by atoms with E-state index in [0.29, 0.717) is 0 Å². The third kappa shape index (κ3) is 3310. The van der Waals surface area contributed by atoms with E-state index in [9.17, 15) is 0 Å². The quantitative estimate of drug-likeness (QED) is 0.193. The standard InChI is InChI=1S/6CHNO.3Na.3H/c6*2-1-3;;;;;;/h6*3H;;;;;;. The van der Waals surface area contributed by atoms with Crippen LogP contribution in [0.3, 0.4) is 0 Å². The molecule has 0 aromatic heterocycles. The minimum atomic E-state index is 0. The number of aliphatic hydroxyl groups is 6. The molecular weight excluding hydrogens is 321 g/mol. The Morgan fingerprint density at radius 3 is 0.333 bits per heavy atom. The first-order valence-corrected chi connectivity index (χ1v) is 2.68. The maximum atomic E-state index is 6.88. The summed E-state index contributed by atoms with van der Waals surface area (Å²) >= 11 is 0. The molecule has 0 atom stereocenters. The van der Waals surface area contributed by atoms with Crippen molar-refractivity contribution < 1.29 is 30.6 Å². The molecule has 0 saturated carbocycles. The van der Waals surface area contributed by atoms with E-state index < -0.39 is 0 Å². The van der Waals surface area contributed by atoms with Crippen LogP contribution in [0, 0.1) is 69.1 Å². The third-order valence-corrected chi connectivity index (χ3v) is 0. The van der Waals surface area contributed by atoms with E-state index in [1.54, 1.807) is 0 Å². The average Bonchev–Trinajstić information content (AvgIpc) is 2.23. The van der Waals surface area contributed by atoms with E-state index in [1.165, 1.54) is 0 Å². The van der Waals surface area contributed by atoms with Gasteiger partial charge in [-0.25, -0.2) is 0 Å². The Bertz CT molecular complexity index is 263. The normalized spacial score (nSPS) is 2.00. The fourth-order valence-electron chi connectivity index (χ4n) is 0. The van der Waals surface area contributed by atoms with Gasteiger partial charge in [0.15, 0.2) is 0 Å². The van der Waals surface area contributed by atoms with E-state index in [4.69, 9.17) is 62.2 Å². The van der Waals surface area contributed by atoms with Crippen molar-refractivity contribution in [2.75, 3.05) is 0 Å². The molecule has 0 fully saturated rings. The summed E-state index contributed by atoms with van der Waals surface area (Å²) in [7, 11) is 0. The second-order valence-electron chi connectivity index (χ2n) is 0.600. The second-order valence-corrected chi connectivity index (χ2v) is 0.600. The van der Waals surface area contributed by atoms with Crippen LogP contribution in [0.1, 0.15) is 0 Å². The van der Waals surface area contributed by atoms with Gasteiger partial charge in [-0.05, 0) is 0 Å². The Kier molecular flexibility index (Phi) is 751. The van der Waals surface area contributed by atoms with Crippen LogP contribution in [0.2, 0.25) is 0 Å². The number of hydrogen-bond donors (Lipinski definition) is 6. The van der Waals surface area contributed by atoms with Crippen molar-refractivity contribution in [2.45, 2.75) is 0 Å². The molecular formula is C6H9N6Na3O6. The van der Waals surface area contributed by atoms with Crippen LogP contribution in [-0.4, -0.2) is 119 Å². The SMILES string of the molecule is N#CO.N#CO.N#CO.N#CO.N#CO.N#CO.[NaH].[NaH].[NaH]. The van der Waals surface area contributed by atoms with Gasteiger partial charge in [0, 0.05) is 0 Å². The molecule has 0 saturated heterocycles. The zero-order valence-electron chi connectivity index (χ0n) is 8.37. The van der Waals surface area contributed by atoms with Gasteiger partial charge in [-0.3, -0.25) is 0 Å². The third-order valence-electron chi connectivity index (χ3n) is 0. The summed E-state index contributed by atoms with van der Waals surface area (Å²) in [6.07, 6.45) is 4.50. The van der Waals surface area contributed by atoms with E-state index in [-0.39, 0.29) is 88.7 Å². The molecule has 6 N–H and O–H groups in total. The van der Waals surface area contributed by atoms with Gasteiger partial charge in [-0.2, -0.15) is 31.6 Å². The molecule has 0 aliphatic rings. The monoisotopic (exact) mass is 330 g/mol. The van der Waals surface area contributed by atoms with Gasteiger partial charge in [0.25, 0.3) is 37.5 Å². The first kappa shape index (κ1) is 60.1. The molecule has 0 aliphatic carbocycles. The molecule has 12 nitrogen and oxygen atoms in total. The van der Waals surface area contributed by atoms with E-state index in [2.05, 4.69) is 0 Å². The van der Waals surface area contributed by atoms with Crippen molar-refractivity contribution in [2.24, 2.45) is 0 Å². The van der Waals surface area contributed by atoms with Crippen LogP contribution in [0.5, 0.6) is 0 Å². The molecule has 21 heavy (non-hydrogen) atoms. The minimum absolute atomic E-state index is 0. The number of rotatable bonds is 0. The van der Waals surface area contributed by atoms with Crippen LogP contribution < -0.4 is 0 Å². The molecule has 15 heteroatoms. The Morgan fingerprint density at radius 2 is 0.333 bits per heavy atom. The van der Waals surface area contributed by atoms with Crippen molar-refractivity contribution in [3.8, 4) is 37.5 Å². The number of nitriles is 6. The van der Waals surface area contributed by atoms with Crippen LogP contribution in [0.15, 0.2) is 0 Å². The van der Waals surface area contributed by atoms with Crippen molar-refractivity contribution in [3.63, 3.8) is 0 Å². The van der Waals surface area contributed by atoms with Gasteiger partial charge in [-0.15, -0.1) is 0 Å². The molecule has 0 aromatic carbocycles. The summed E-state index contributed by atoms with van der Waals surface area (Å²) in [5, 5.41) is 82.5. The van der Waals surface area contributed by atoms with Crippen LogP contribution in [-0.2, 0) is 0 Å². The summed E-state index contributed by atoms with van der Waals surface area (Å²) in [6, 6.07) is 0. The van der Waals surface area contributed by atoms with Crippen molar-refractivity contribution in [1.29, 1.82) is 31.6 Å². The molecule has 0 bridgehead atoms. The predicted octanol–water partition coefficient (Wildman–Crippen LogP) is -2.91. The molecule has 0 aliphatic heterocycles. The van der Waals surface area contributed by atoms with Crippen molar-refractivity contribution in [1.82, 2.24) is 0 Å². The zero-order valence-corrected chi connectivity index (χ0v) is 8.37. The van der Waals surface area contributed by atoms with E-state index in [1.807, 2.05) is 0 Å². The van der Waals surface area contributed by atoms with Crippen LogP contribution in [0.25, 0.3) is 0 Å². The molecule has 0 heterocycles.